The van der Waals surface area contributed by atoms with Crippen molar-refractivity contribution in [1.82, 2.24) is 15.5 Å². The number of hydrogen-bond acceptors (Lipinski definition) is 3. The van der Waals surface area contributed by atoms with Crippen molar-refractivity contribution in [2.24, 2.45) is 10.9 Å². The van der Waals surface area contributed by atoms with Crippen LogP contribution < -0.4 is 10.6 Å². The SMILES string of the molecule is CN=C(NCCNC(=O)c1ccc(Br)cc1)N(C)CCC1CCOCC1. The third-order valence-corrected chi connectivity index (χ3v) is 5.12. The lowest BCUT2D eigenvalue weighted by molar-refractivity contribution is 0.0625. The van der Waals surface area contributed by atoms with Crippen molar-refractivity contribution >= 4 is 27.8 Å². The van der Waals surface area contributed by atoms with E-state index in [1.54, 1.807) is 19.2 Å². The van der Waals surface area contributed by atoms with Crippen molar-refractivity contribution in [2.75, 3.05) is 46.9 Å². The van der Waals surface area contributed by atoms with Gasteiger partial charge in [0.15, 0.2) is 5.96 Å². The summed E-state index contributed by atoms with van der Waals surface area (Å²) in [5.41, 5.74) is 0.658. The quantitative estimate of drug-likeness (QED) is 0.400. The first-order chi connectivity index (χ1) is 12.6. The van der Waals surface area contributed by atoms with Gasteiger partial charge in [-0.1, -0.05) is 15.9 Å². The average molecular weight is 425 g/mol. The van der Waals surface area contributed by atoms with Crippen LogP contribution >= 0.6 is 15.9 Å². The Kier molecular flexibility index (Phi) is 8.91. The number of aliphatic imine (C=N–C) groups is 1. The first-order valence-electron chi connectivity index (χ1n) is 9.13. The molecule has 1 amide bonds. The van der Waals surface area contributed by atoms with Gasteiger partial charge in [0.1, 0.15) is 0 Å². The highest BCUT2D eigenvalue weighted by atomic mass is 79.9. The first kappa shape index (κ1) is 20.7. The highest BCUT2D eigenvalue weighted by molar-refractivity contribution is 9.10. The van der Waals surface area contributed by atoms with Crippen LogP contribution in [-0.4, -0.2) is 63.7 Å². The van der Waals surface area contributed by atoms with Crippen LogP contribution in [0, 0.1) is 5.92 Å². The largest absolute Gasteiger partial charge is 0.381 e. The molecule has 1 aromatic carbocycles. The van der Waals surface area contributed by atoms with E-state index in [1.165, 1.54) is 0 Å². The van der Waals surface area contributed by atoms with Gasteiger partial charge in [-0.3, -0.25) is 9.79 Å². The van der Waals surface area contributed by atoms with Crippen LogP contribution in [0.4, 0.5) is 0 Å². The molecular formula is C19H29BrN4O2. The Bertz CT molecular complexity index is 586. The van der Waals surface area contributed by atoms with Gasteiger partial charge < -0.3 is 20.3 Å². The van der Waals surface area contributed by atoms with Crippen molar-refractivity contribution < 1.29 is 9.53 Å². The van der Waals surface area contributed by atoms with Crippen LogP contribution in [0.5, 0.6) is 0 Å². The van der Waals surface area contributed by atoms with E-state index in [9.17, 15) is 4.79 Å². The molecule has 1 aliphatic rings. The summed E-state index contributed by atoms with van der Waals surface area (Å²) in [6, 6.07) is 7.33. The van der Waals surface area contributed by atoms with Crippen LogP contribution in [0.1, 0.15) is 29.6 Å². The number of benzene rings is 1. The summed E-state index contributed by atoms with van der Waals surface area (Å²) < 4.78 is 6.37. The molecule has 1 fully saturated rings. The van der Waals surface area contributed by atoms with Gasteiger partial charge in [-0.05, 0) is 49.4 Å². The fourth-order valence-electron chi connectivity index (χ4n) is 2.96. The number of halogens is 1. The van der Waals surface area contributed by atoms with Gasteiger partial charge in [-0.15, -0.1) is 0 Å². The molecule has 1 heterocycles. The zero-order valence-electron chi connectivity index (χ0n) is 15.6. The van der Waals surface area contributed by atoms with Gasteiger partial charge in [0, 0.05) is 57.0 Å². The van der Waals surface area contributed by atoms with E-state index in [2.05, 4.69) is 43.5 Å². The lowest BCUT2D eigenvalue weighted by Gasteiger charge is -2.26. The Hall–Kier alpha value is -1.60. The minimum absolute atomic E-state index is 0.0674. The van der Waals surface area contributed by atoms with Crippen molar-refractivity contribution in [3.63, 3.8) is 0 Å². The van der Waals surface area contributed by atoms with E-state index >= 15 is 0 Å². The van der Waals surface area contributed by atoms with Crippen molar-refractivity contribution in [1.29, 1.82) is 0 Å². The number of ether oxygens (including phenoxy) is 1. The maximum absolute atomic E-state index is 12.1. The number of guanidine groups is 1. The fourth-order valence-corrected chi connectivity index (χ4v) is 3.22. The number of carbonyl (C=O) groups is 1. The summed E-state index contributed by atoms with van der Waals surface area (Å²) in [4.78, 5) is 18.5. The standard InChI is InChI=1S/C19H29BrN4O2/c1-21-19(24(2)12-7-15-8-13-26-14-9-15)23-11-10-22-18(25)16-3-5-17(20)6-4-16/h3-6,15H,7-14H2,1-2H3,(H,21,23)(H,22,25). The average Bonchev–Trinajstić information content (AvgIpc) is 2.67. The molecule has 26 heavy (non-hydrogen) atoms. The maximum atomic E-state index is 12.1. The Morgan fingerprint density at radius 3 is 2.54 bits per heavy atom. The molecule has 0 unspecified atom stereocenters. The molecule has 0 spiro atoms. The van der Waals surface area contributed by atoms with Gasteiger partial charge in [-0.2, -0.15) is 0 Å². The predicted molar refractivity (Wildman–Crippen MR) is 109 cm³/mol. The summed E-state index contributed by atoms with van der Waals surface area (Å²) in [5.74, 6) is 1.53. The first-order valence-corrected chi connectivity index (χ1v) is 9.92. The van der Waals surface area contributed by atoms with E-state index in [4.69, 9.17) is 4.74 Å². The highest BCUT2D eigenvalue weighted by Crippen LogP contribution is 2.18. The molecule has 6 nitrogen and oxygen atoms in total. The second-order valence-electron chi connectivity index (χ2n) is 6.50. The smallest absolute Gasteiger partial charge is 0.251 e. The number of nitrogens with one attached hydrogen (secondary N) is 2. The summed E-state index contributed by atoms with van der Waals surface area (Å²) in [6.45, 7) is 3.92. The molecule has 2 N–H and O–H groups in total. The molecule has 2 rings (SSSR count). The molecule has 0 aromatic heterocycles. The van der Waals surface area contributed by atoms with Crippen molar-refractivity contribution in [2.45, 2.75) is 19.3 Å². The zero-order valence-corrected chi connectivity index (χ0v) is 17.2. The van der Waals surface area contributed by atoms with Gasteiger partial charge in [0.2, 0.25) is 0 Å². The zero-order chi connectivity index (χ0) is 18.8. The summed E-state index contributed by atoms with van der Waals surface area (Å²) in [6.07, 6.45) is 3.46. The Labute approximate surface area is 164 Å². The van der Waals surface area contributed by atoms with Crippen LogP contribution in [0.15, 0.2) is 33.7 Å². The Morgan fingerprint density at radius 1 is 1.23 bits per heavy atom. The molecule has 0 bridgehead atoms. The van der Waals surface area contributed by atoms with Crippen molar-refractivity contribution in [3.8, 4) is 0 Å². The molecule has 1 saturated heterocycles. The Morgan fingerprint density at radius 2 is 1.88 bits per heavy atom. The molecule has 0 saturated carbocycles. The minimum atomic E-state index is -0.0674. The topological polar surface area (TPSA) is 66.0 Å². The van der Waals surface area contributed by atoms with Gasteiger partial charge in [0.05, 0.1) is 0 Å². The molecule has 7 heteroatoms. The number of amides is 1. The van der Waals surface area contributed by atoms with Crippen LogP contribution in [0.2, 0.25) is 0 Å². The molecule has 144 valence electrons. The number of hydrogen-bond donors (Lipinski definition) is 2. The number of carbonyl (C=O) groups excluding carboxylic acids is 1. The predicted octanol–water partition coefficient (Wildman–Crippen LogP) is 2.50. The molecule has 0 aliphatic carbocycles. The summed E-state index contributed by atoms with van der Waals surface area (Å²) in [7, 11) is 3.84. The van der Waals surface area contributed by atoms with Gasteiger partial charge >= 0.3 is 0 Å². The van der Waals surface area contributed by atoms with Crippen molar-refractivity contribution in [3.05, 3.63) is 34.3 Å². The van der Waals surface area contributed by atoms with E-state index in [0.29, 0.717) is 18.7 Å². The number of rotatable bonds is 7. The lowest BCUT2D eigenvalue weighted by Crippen LogP contribution is -2.43. The van der Waals surface area contributed by atoms with Gasteiger partial charge in [0.25, 0.3) is 5.91 Å². The molecule has 1 aliphatic heterocycles. The molecule has 0 atom stereocenters. The molecular weight excluding hydrogens is 396 g/mol. The molecule has 0 radical (unpaired) electrons. The maximum Gasteiger partial charge on any atom is 0.251 e. The third-order valence-electron chi connectivity index (χ3n) is 4.59. The van der Waals surface area contributed by atoms with E-state index < -0.39 is 0 Å². The third kappa shape index (κ3) is 6.96. The number of nitrogens with zero attached hydrogens (tertiary/aromatic N) is 2. The minimum Gasteiger partial charge on any atom is -0.381 e. The van der Waals surface area contributed by atoms with E-state index in [1.807, 2.05) is 12.1 Å². The van der Waals surface area contributed by atoms with Crippen LogP contribution in [0.3, 0.4) is 0 Å². The van der Waals surface area contributed by atoms with Gasteiger partial charge in [-0.25, -0.2) is 0 Å². The summed E-state index contributed by atoms with van der Waals surface area (Å²) in [5, 5.41) is 6.22. The van der Waals surface area contributed by atoms with Crippen LogP contribution in [0.25, 0.3) is 0 Å². The molecule has 1 aromatic rings. The highest BCUT2D eigenvalue weighted by Gasteiger charge is 2.15. The van der Waals surface area contributed by atoms with E-state index in [0.717, 1.165) is 55.4 Å². The second-order valence-corrected chi connectivity index (χ2v) is 7.42. The van der Waals surface area contributed by atoms with E-state index in [-0.39, 0.29) is 5.91 Å². The second kappa shape index (κ2) is 11.2. The monoisotopic (exact) mass is 424 g/mol. The Balaban J connectivity index is 1.65. The summed E-state index contributed by atoms with van der Waals surface area (Å²) >= 11 is 3.37. The normalized spacial score (nSPS) is 15.6. The fraction of sp³-hybridized carbons (Fsp3) is 0.579. The van der Waals surface area contributed by atoms with Crippen LogP contribution in [-0.2, 0) is 4.74 Å². The lowest BCUT2D eigenvalue weighted by atomic mass is 9.96.